The third-order valence-electron chi connectivity index (χ3n) is 20.5. The highest BCUT2D eigenvalue weighted by Crippen LogP contribution is 2.19. The second-order valence-corrected chi connectivity index (χ2v) is 35.0. The summed E-state index contributed by atoms with van der Waals surface area (Å²) < 4.78 is 5.45. The zero-order valence-electron chi connectivity index (χ0n) is 76.0. The van der Waals surface area contributed by atoms with Crippen LogP contribution < -0.4 is 114 Å². The number of rotatable bonds is 44. The van der Waals surface area contributed by atoms with Crippen LogP contribution in [0.3, 0.4) is 0 Å². The number of nitrogens with two attached hydrogens (primary N) is 6. The van der Waals surface area contributed by atoms with Gasteiger partial charge in [0.05, 0.1) is 25.3 Å². The van der Waals surface area contributed by atoms with Gasteiger partial charge < -0.3 is 129 Å². The Bertz CT molecular complexity index is 3780. The predicted molar refractivity (Wildman–Crippen MR) is 472 cm³/mol. The van der Waals surface area contributed by atoms with Crippen LogP contribution in [0.2, 0.25) is 0 Å². The maximum absolute atomic E-state index is 13.9. The van der Waals surface area contributed by atoms with E-state index in [2.05, 4.69) is 79.8 Å². The van der Waals surface area contributed by atoms with E-state index in [1.54, 1.807) is 39.8 Å². The van der Waals surface area contributed by atoms with E-state index in [0.29, 0.717) is 25.7 Å². The van der Waals surface area contributed by atoms with Gasteiger partial charge in [-0.15, -0.1) is 0 Å². The normalized spacial score (nSPS) is 21.6. The Kier molecular flexibility index (Phi) is 48.6. The van der Waals surface area contributed by atoms with Gasteiger partial charge in [0.15, 0.2) is 6.04 Å². The summed E-state index contributed by atoms with van der Waals surface area (Å²) in [4.78, 5) is 244. The van der Waals surface area contributed by atoms with Crippen molar-refractivity contribution >= 4 is 106 Å². The van der Waals surface area contributed by atoms with Gasteiger partial charge in [0, 0.05) is 0 Å². The van der Waals surface area contributed by atoms with E-state index in [1.165, 1.54) is 13.8 Å². The number of esters is 1. The molecule has 18 atom stereocenters. The monoisotopic (exact) mass is 1800 g/mol. The number of hydrogen-bond acceptors (Lipinski definition) is 25. The fourth-order valence-electron chi connectivity index (χ4n) is 13.7. The van der Waals surface area contributed by atoms with Gasteiger partial charge in [-0.05, 0) is 163 Å². The first-order chi connectivity index (χ1) is 60.1. The van der Waals surface area contributed by atoms with Gasteiger partial charge in [0.2, 0.25) is 101 Å². The standard InChI is InChI=1S/C43H71N11O10.C43H70N10O11/c1-22(2)17-29-40(61)51-31(19-24(5)6)41(62)53-33(35(46)56)34(43(64)47-25(7)36(57)49-29)54-42(63)32(21-55)52-38(59)28(15-11-12-16-44)48-39(60)30(18-23(3)4)50-37(58)27(45)20-26-13-9-8-10-14-26;1-22(2)17-29-40(60)51-31(19-24(5)6)43(63)64-34(35(46)55)33(42(62)47-25(7)36(56)49-29)53-41(61)32(21-54)52-38(58)28(15-11-12-16-44)48-39(59)30(18-23(3)4)50-37(57)27(45)20-26-13-9-8-10-14-26/h8-10,13-14,22-25,27-34,55H,11-12,15-21,44-45H2,1-7H3,(H2,46,56)(H,47,64)(H,48,60)(H,49,57)(H,50,58)(H,51,61)(H,52,59)(H,53,62)(H,54,63);8-10,13-14,22-25,27-34,54H,11-12,15-21,44-45H2,1-7H3,(H2,46,55)(H,47,62)(H,48,59)(H,49,56)(H,50,57)(H,51,60)(H,52,58)(H,53,61)/t25-,27-,28+,29-,30+,31-,32-,33+,34?;25-,27-,28+,29-,30+,31-,32-,33?,34+/m00/s1. The number of aliphatic hydroxyl groups excluding tert-OH is 2. The highest BCUT2D eigenvalue weighted by Gasteiger charge is 2.45. The van der Waals surface area contributed by atoms with Crippen molar-refractivity contribution in [3.05, 3.63) is 71.8 Å². The lowest BCUT2D eigenvalue weighted by atomic mass is 9.99. The number of amides is 17. The van der Waals surface area contributed by atoms with Crippen LogP contribution in [0, 0.1) is 35.5 Å². The van der Waals surface area contributed by atoms with E-state index in [-0.39, 0.29) is 113 Å². The summed E-state index contributed by atoms with van der Waals surface area (Å²) in [7, 11) is 0. The van der Waals surface area contributed by atoms with Crippen LogP contribution in [0.25, 0.3) is 0 Å². The summed E-state index contributed by atoms with van der Waals surface area (Å²) in [6.45, 7) is 22.6. The number of hydrogen-bond donors (Lipinski definition) is 23. The zero-order chi connectivity index (χ0) is 96.5. The summed E-state index contributed by atoms with van der Waals surface area (Å²) in [5.74, 6) is -17.8. The van der Waals surface area contributed by atoms with E-state index in [4.69, 9.17) is 39.1 Å². The van der Waals surface area contributed by atoms with Crippen molar-refractivity contribution in [2.75, 3.05) is 26.3 Å². The number of primary amides is 2. The smallest absolute Gasteiger partial charge is 0.329 e. The van der Waals surface area contributed by atoms with Crippen molar-refractivity contribution in [1.29, 1.82) is 0 Å². The van der Waals surface area contributed by atoms with Crippen LogP contribution in [-0.4, -0.2) is 252 Å². The number of carbonyl (C=O) groups excluding carboxylic acids is 18. The van der Waals surface area contributed by atoms with E-state index in [0.717, 1.165) is 11.1 Å². The summed E-state index contributed by atoms with van der Waals surface area (Å²) in [5.41, 5.74) is 36.7. The van der Waals surface area contributed by atoms with Crippen LogP contribution in [0.5, 0.6) is 0 Å². The molecule has 0 bridgehead atoms. The topological polar surface area (TPSA) is 694 Å². The predicted octanol–water partition coefficient (Wildman–Crippen LogP) is -5.15. The van der Waals surface area contributed by atoms with Gasteiger partial charge in [-0.2, -0.15) is 0 Å². The average molecular weight is 1810 g/mol. The molecule has 42 heteroatoms. The maximum atomic E-state index is 13.9. The third-order valence-corrected chi connectivity index (χ3v) is 20.5. The number of unbranched alkanes of at least 4 members (excludes halogenated alkanes) is 2. The largest absolute Gasteiger partial charge is 0.448 e. The summed E-state index contributed by atoms with van der Waals surface area (Å²) >= 11 is 0. The zero-order valence-corrected chi connectivity index (χ0v) is 76.0. The molecule has 42 nitrogen and oxygen atoms in total. The fraction of sp³-hybridized carbons (Fsp3) is 0.651. The van der Waals surface area contributed by atoms with Gasteiger partial charge in [-0.3, -0.25) is 81.5 Å². The Morgan fingerprint density at radius 1 is 0.367 bits per heavy atom. The van der Waals surface area contributed by atoms with Crippen molar-refractivity contribution < 1.29 is 101 Å². The number of ether oxygens (including phenoxy) is 1. The molecule has 2 aliphatic rings. The molecule has 0 aromatic heterocycles. The molecular formula is C86H141N21O21. The van der Waals surface area contributed by atoms with Crippen molar-refractivity contribution in [2.24, 2.45) is 69.9 Å². The molecule has 0 saturated carbocycles. The molecule has 2 aromatic carbocycles. The van der Waals surface area contributed by atoms with Crippen LogP contribution in [0.4, 0.5) is 0 Å². The minimum absolute atomic E-state index is 0.00596. The molecule has 2 unspecified atom stereocenters. The molecule has 2 heterocycles. The molecule has 128 heavy (non-hydrogen) atoms. The molecule has 4 rings (SSSR count). The van der Waals surface area contributed by atoms with Crippen LogP contribution in [-0.2, 0) is 104 Å². The first kappa shape index (κ1) is 111. The summed E-state index contributed by atoms with van der Waals surface area (Å²) in [6.07, 6.45) is 0.581. The summed E-state index contributed by atoms with van der Waals surface area (Å²) in [5, 5.41) is 58.0. The van der Waals surface area contributed by atoms with Crippen LogP contribution in [0.15, 0.2) is 60.7 Å². The SMILES string of the molecule is CC(C)C[C@@H]1NC(=O)[C@H](C)NC(=O)C(NC(=O)[C@H](CO)NC(=O)[C@@H](CCCCN)NC(=O)[C@@H](CC(C)C)NC(=O)[C@@H](N)Cc2ccccc2)[C@H](C(N)=O)NC(=O)[C@H](CC(C)C)NC1=O.CC(C)C[C@@H]1NC(=O)[C@H](C)NC(=O)C(NC(=O)[C@H](CO)NC(=O)[C@@H](CCCCN)NC(=O)[C@@H](CC(C)C)NC(=O)[C@@H](N)Cc2ccccc2)[C@H](C(N)=O)OC(=O)[C@H](CC(C)C)NC1=O. The molecule has 716 valence electrons. The molecule has 2 fully saturated rings. The Morgan fingerprint density at radius 3 is 1.02 bits per heavy atom. The lowest BCUT2D eigenvalue weighted by molar-refractivity contribution is -0.162. The lowest BCUT2D eigenvalue weighted by Crippen LogP contribution is -2.67. The van der Waals surface area contributed by atoms with Gasteiger partial charge in [0.25, 0.3) is 5.91 Å². The number of cyclic esters (lactones) is 1. The number of nitrogens with one attached hydrogen (secondary N) is 15. The number of benzene rings is 2. The second kappa shape index (κ2) is 56.1. The van der Waals surface area contributed by atoms with Crippen molar-refractivity contribution in [1.82, 2.24) is 79.8 Å². The van der Waals surface area contributed by atoms with Gasteiger partial charge in [-0.25, -0.2) is 4.79 Å². The Labute approximate surface area is 747 Å². The highest BCUT2D eigenvalue weighted by atomic mass is 16.6. The van der Waals surface area contributed by atoms with Gasteiger partial charge >= 0.3 is 5.97 Å². The average Bonchev–Trinajstić information content (AvgIpc) is 1.39. The molecule has 2 saturated heterocycles. The Hall–Kier alpha value is -11.3. The minimum atomic E-state index is -2.22. The number of carbonyl (C=O) groups is 18. The maximum Gasteiger partial charge on any atom is 0.329 e. The second-order valence-electron chi connectivity index (χ2n) is 35.0. The van der Waals surface area contributed by atoms with E-state index in [1.807, 2.05) is 104 Å². The molecule has 17 amide bonds. The highest BCUT2D eigenvalue weighted by molar-refractivity contribution is 6.04. The van der Waals surface area contributed by atoms with Crippen LogP contribution in [0.1, 0.15) is 185 Å². The molecule has 29 N–H and O–H groups in total. The third kappa shape index (κ3) is 39.1. The lowest BCUT2D eigenvalue weighted by Gasteiger charge is -2.30. The first-order valence-electron chi connectivity index (χ1n) is 43.7. The molecule has 2 aliphatic heterocycles. The minimum Gasteiger partial charge on any atom is -0.448 e. The van der Waals surface area contributed by atoms with Crippen molar-refractivity contribution in [2.45, 2.75) is 296 Å². The van der Waals surface area contributed by atoms with Crippen molar-refractivity contribution in [3.8, 4) is 0 Å². The number of aliphatic hydroxyl groups is 2. The molecular weight excluding hydrogens is 1660 g/mol. The van der Waals surface area contributed by atoms with Gasteiger partial charge in [0.1, 0.15) is 84.6 Å². The molecule has 0 spiro atoms. The quantitative estimate of drug-likeness (QED) is 0.0218. The molecule has 0 aliphatic carbocycles. The Balaban J connectivity index is 0.000000660. The van der Waals surface area contributed by atoms with E-state index >= 15 is 0 Å². The Morgan fingerprint density at radius 2 is 0.680 bits per heavy atom. The van der Waals surface area contributed by atoms with E-state index in [9.17, 15) is 96.5 Å². The van der Waals surface area contributed by atoms with Crippen LogP contribution >= 0.6 is 0 Å². The fourth-order valence-corrected chi connectivity index (χ4v) is 13.7. The van der Waals surface area contributed by atoms with Gasteiger partial charge in [-0.1, -0.05) is 144 Å². The first-order valence-corrected chi connectivity index (χ1v) is 43.7. The summed E-state index contributed by atoms with van der Waals surface area (Å²) in [6, 6.07) is -6.10. The molecule has 0 radical (unpaired) electrons. The molecule has 2 aromatic rings. The van der Waals surface area contributed by atoms with E-state index < -0.39 is 228 Å². The van der Waals surface area contributed by atoms with Crippen molar-refractivity contribution in [3.63, 3.8) is 0 Å².